The van der Waals surface area contributed by atoms with Gasteiger partial charge >= 0.3 is 6.03 Å². The van der Waals surface area contributed by atoms with Crippen LogP contribution in [0.2, 0.25) is 5.02 Å². The zero-order chi connectivity index (χ0) is 22.9. The monoisotopic (exact) mass is 458 g/mol. The maximum Gasteiger partial charge on any atom is 0.317 e. The van der Waals surface area contributed by atoms with E-state index < -0.39 is 11.5 Å². The van der Waals surface area contributed by atoms with Gasteiger partial charge in [-0.15, -0.1) is 0 Å². The highest BCUT2D eigenvalue weighted by Gasteiger charge is 2.40. The van der Waals surface area contributed by atoms with Crippen molar-refractivity contribution in [3.05, 3.63) is 64.6 Å². The van der Waals surface area contributed by atoms with E-state index in [1.165, 1.54) is 12.1 Å². The van der Waals surface area contributed by atoms with Gasteiger partial charge in [-0.05, 0) is 54.0 Å². The molecule has 3 N–H and O–H groups in total. The number of carbonyl (C=O) groups excluding carboxylic acids is 1. The minimum Gasteiger partial charge on any atom is -0.388 e. The van der Waals surface area contributed by atoms with Crippen LogP contribution in [0.1, 0.15) is 43.9 Å². The number of aromatic amines is 1. The van der Waals surface area contributed by atoms with Gasteiger partial charge < -0.3 is 15.3 Å². The number of nitrogens with zero attached hydrogens (tertiary/aromatic N) is 2. The SMILES string of the molecule is CC(C)(C1CCN(C(=O)NCc2ccc(F)cc2)CC1)[C@H](O)c1cc(Cl)cc2cn[nH]c12. The summed E-state index contributed by atoms with van der Waals surface area (Å²) in [5.41, 5.74) is 1.98. The molecule has 6 nitrogen and oxygen atoms in total. The molecule has 1 aliphatic heterocycles. The Hall–Kier alpha value is -2.64. The lowest BCUT2D eigenvalue weighted by atomic mass is 9.68. The number of carbonyl (C=O) groups is 1. The largest absolute Gasteiger partial charge is 0.388 e. The molecule has 0 unspecified atom stereocenters. The zero-order valence-corrected chi connectivity index (χ0v) is 19.0. The molecule has 4 rings (SSSR count). The number of benzene rings is 2. The number of fused-ring (bicyclic) bond motifs is 1. The van der Waals surface area contributed by atoms with Crippen LogP contribution in [0.25, 0.3) is 10.9 Å². The fraction of sp³-hybridized carbons (Fsp3) is 0.417. The molecule has 2 amide bonds. The van der Waals surface area contributed by atoms with Crippen LogP contribution in [-0.2, 0) is 6.54 Å². The van der Waals surface area contributed by atoms with Crippen molar-refractivity contribution < 1.29 is 14.3 Å². The summed E-state index contributed by atoms with van der Waals surface area (Å²) in [5.74, 6) is -0.0615. The molecule has 0 aliphatic carbocycles. The number of rotatable bonds is 5. The first-order chi connectivity index (χ1) is 15.3. The van der Waals surface area contributed by atoms with Crippen molar-refractivity contribution in [3.8, 4) is 0 Å². The summed E-state index contributed by atoms with van der Waals surface area (Å²) in [6, 6.07) is 9.60. The van der Waals surface area contributed by atoms with Gasteiger partial charge in [0, 0.05) is 35.6 Å². The number of likely N-dealkylation sites (tertiary alicyclic amines) is 1. The summed E-state index contributed by atoms with van der Waals surface area (Å²) in [5, 5.41) is 22.7. The van der Waals surface area contributed by atoms with Crippen LogP contribution in [0.4, 0.5) is 9.18 Å². The summed E-state index contributed by atoms with van der Waals surface area (Å²) in [7, 11) is 0. The Morgan fingerprint density at radius 3 is 2.69 bits per heavy atom. The predicted molar refractivity (Wildman–Crippen MR) is 123 cm³/mol. The predicted octanol–water partition coefficient (Wildman–Crippen LogP) is 5.04. The lowest BCUT2D eigenvalue weighted by Crippen LogP contribution is -2.47. The van der Waals surface area contributed by atoms with Crippen molar-refractivity contribution >= 4 is 28.5 Å². The van der Waals surface area contributed by atoms with E-state index in [1.54, 1.807) is 29.3 Å². The molecule has 3 aromatic rings. The average Bonchev–Trinajstić information content (AvgIpc) is 3.26. The standard InChI is InChI=1S/C24H28ClFN4O2/c1-24(2,22(31)20-12-18(25)11-16-14-28-29-21(16)20)17-7-9-30(10-8-17)23(32)27-13-15-3-5-19(26)6-4-15/h3-6,11-12,14,17,22,31H,7-10,13H2,1-2H3,(H,27,32)(H,28,29)/t22-/m1/s1. The fourth-order valence-corrected chi connectivity index (χ4v) is 4.84. The number of aliphatic hydroxyl groups excluding tert-OH is 1. The molecule has 1 aliphatic rings. The Morgan fingerprint density at radius 2 is 2.00 bits per heavy atom. The van der Waals surface area contributed by atoms with Gasteiger partial charge in [0.1, 0.15) is 5.82 Å². The van der Waals surface area contributed by atoms with Gasteiger partial charge in [-0.1, -0.05) is 37.6 Å². The number of hydrogen-bond acceptors (Lipinski definition) is 3. The molecule has 170 valence electrons. The number of H-pyrrole nitrogens is 1. The first-order valence-electron chi connectivity index (χ1n) is 10.8. The second-order valence-electron chi connectivity index (χ2n) is 9.10. The highest BCUT2D eigenvalue weighted by molar-refractivity contribution is 6.31. The molecule has 1 atom stereocenters. The maximum atomic E-state index is 13.0. The molecular formula is C24H28ClFN4O2. The molecule has 1 aromatic heterocycles. The molecule has 0 bridgehead atoms. The van der Waals surface area contributed by atoms with E-state index in [-0.39, 0.29) is 17.8 Å². The number of urea groups is 1. The van der Waals surface area contributed by atoms with Crippen molar-refractivity contribution in [1.82, 2.24) is 20.4 Å². The third kappa shape index (κ3) is 4.59. The molecule has 8 heteroatoms. The minimum atomic E-state index is -0.729. The van der Waals surface area contributed by atoms with E-state index in [9.17, 15) is 14.3 Å². The molecule has 2 heterocycles. The molecule has 0 saturated carbocycles. The number of amides is 2. The van der Waals surface area contributed by atoms with Crippen molar-refractivity contribution in [2.45, 2.75) is 39.3 Å². The van der Waals surface area contributed by atoms with E-state index in [0.29, 0.717) is 24.7 Å². The van der Waals surface area contributed by atoms with Crippen LogP contribution >= 0.6 is 11.6 Å². The summed E-state index contributed by atoms with van der Waals surface area (Å²) in [6.07, 6.45) is 2.56. The number of halogens is 2. The van der Waals surface area contributed by atoms with Gasteiger partial charge in [-0.25, -0.2) is 9.18 Å². The molecule has 2 aromatic carbocycles. The van der Waals surface area contributed by atoms with Crippen LogP contribution in [0, 0.1) is 17.2 Å². The van der Waals surface area contributed by atoms with Crippen molar-refractivity contribution in [2.75, 3.05) is 13.1 Å². The van der Waals surface area contributed by atoms with E-state index in [2.05, 4.69) is 29.4 Å². The van der Waals surface area contributed by atoms with Gasteiger partial charge in [0.15, 0.2) is 0 Å². The Kier molecular flexibility index (Phi) is 6.40. The number of hydrogen-bond donors (Lipinski definition) is 3. The Balaban J connectivity index is 1.37. The van der Waals surface area contributed by atoms with Gasteiger partial charge in [0.2, 0.25) is 0 Å². The van der Waals surface area contributed by atoms with E-state index in [4.69, 9.17) is 11.6 Å². The highest BCUT2D eigenvalue weighted by Crippen LogP contribution is 2.46. The third-order valence-corrected chi connectivity index (χ3v) is 6.95. The van der Waals surface area contributed by atoms with Crippen LogP contribution in [0.15, 0.2) is 42.6 Å². The zero-order valence-electron chi connectivity index (χ0n) is 18.2. The first kappa shape index (κ1) is 22.6. The molecule has 32 heavy (non-hydrogen) atoms. The normalized spacial score (nSPS) is 16.3. The third-order valence-electron chi connectivity index (χ3n) is 6.73. The number of aromatic nitrogens is 2. The van der Waals surface area contributed by atoms with Crippen molar-refractivity contribution in [2.24, 2.45) is 11.3 Å². The Morgan fingerprint density at radius 1 is 1.31 bits per heavy atom. The molecule has 0 spiro atoms. The van der Waals surface area contributed by atoms with Crippen LogP contribution in [0.3, 0.4) is 0 Å². The molecule has 1 saturated heterocycles. The smallest absolute Gasteiger partial charge is 0.317 e. The molecular weight excluding hydrogens is 431 g/mol. The lowest BCUT2D eigenvalue weighted by Gasteiger charge is -2.43. The number of aliphatic hydroxyl groups is 1. The second-order valence-corrected chi connectivity index (χ2v) is 9.54. The van der Waals surface area contributed by atoms with Gasteiger partial charge in [-0.3, -0.25) is 5.10 Å². The lowest BCUT2D eigenvalue weighted by molar-refractivity contribution is -0.0143. The van der Waals surface area contributed by atoms with Gasteiger partial charge in [0.05, 0.1) is 17.8 Å². The highest BCUT2D eigenvalue weighted by atomic mass is 35.5. The minimum absolute atomic E-state index is 0.125. The molecule has 1 fully saturated rings. The first-order valence-corrected chi connectivity index (χ1v) is 11.2. The van der Waals surface area contributed by atoms with E-state index in [0.717, 1.165) is 34.9 Å². The maximum absolute atomic E-state index is 13.0. The summed E-state index contributed by atoms with van der Waals surface area (Å²) >= 11 is 6.27. The Labute approximate surface area is 191 Å². The van der Waals surface area contributed by atoms with E-state index in [1.807, 2.05) is 6.07 Å². The summed E-state index contributed by atoms with van der Waals surface area (Å²) < 4.78 is 13.0. The van der Waals surface area contributed by atoms with Crippen LogP contribution in [0.5, 0.6) is 0 Å². The van der Waals surface area contributed by atoms with Crippen LogP contribution < -0.4 is 5.32 Å². The fourth-order valence-electron chi connectivity index (χ4n) is 4.61. The topological polar surface area (TPSA) is 81.2 Å². The number of nitrogens with one attached hydrogen (secondary N) is 2. The van der Waals surface area contributed by atoms with Gasteiger partial charge in [-0.2, -0.15) is 5.10 Å². The number of piperidine rings is 1. The van der Waals surface area contributed by atoms with Gasteiger partial charge in [0.25, 0.3) is 0 Å². The van der Waals surface area contributed by atoms with Crippen LogP contribution in [-0.4, -0.2) is 39.3 Å². The van der Waals surface area contributed by atoms with Crippen molar-refractivity contribution in [1.29, 1.82) is 0 Å². The second kappa shape index (κ2) is 9.08. The average molecular weight is 459 g/mol. The quantitative estimate of drug-likeness (QED) is 0.501. The summed E-state index contributed by atoms with van der Waals surface area (Å²) in [4.78, 5) is 14.4. The van der Waals surface area contributed by atoms with Crippen molar-refractivity contribution in [3.63, 3.8) is 0 Å². The van der Waals surface area contributed by atoms with E-state index >= 15 is 0 Å². The molecule has 0 radical (unpaired) electrons. The summed E-state index contributed by atoms with van der Waals surface area (Å²) in [6.45, 7) is 5.72. The Bertz CT molecular complexity index is 1090.